The Kier molecular flexibility index (Phi) is 2.29. The average molecular weight is 212 g/mol. The summed E-state index contributed by atoms with van der Waals surface area (Å²) >= 11 is 5.83. The molecule has 0 saturated carbocycles. The van der Waals surface area contributed by atoms with Gasteiger partial charge in [-0.2, -0.15) is 5.10 Å². The molecule has 74 valence electrons. The average Bonchev–Trinajstić information content (AvgIpc) is 2.70. The van der Waals surface area contributed by atoms with E-state index in [1.807, 2.05) is 20.2 Å². The molecule has 0 aromatic carbocycles. The van der Waals surface area contributed by atoms with Crippen molar-refractivity contribution in [3.8, 4) is 11.3 Å². The van der Waals surface area contributed by atoms with E-state index >= 15 is 0 Å². The lowest BCUT2D eigenvalue weighted by Gasteiger charge is -1.93. The van der Waals surface area contributed by atoms with Crippen molar-refractivity contribution in [2.24, 2.45) is 7.05 Å². The van der Waals surface area contributed by atoms with Crippen molar-refractivity contribution in [3.63, 3.8) is 0 Å². The van der Waals surface area contributed by atoms with Crippen molar-refractivity contribution in [1.29, 1.82) is 0 Å². The maximum absolute atomic E-state index is 5.83. The van der Waals surface area contributed by atoms with Crippen LogP contribution in [0.1, 0.15) is 18.2 Å². The molecule has 2 rings (SSSR count). The van der Waals surface area contributed by atoms with Gasteiger partial charge in [0.25, 0.3) is 0 Å². The molecule has 2 heterocycles. The summed E-state index contributed by atoms with van der Waals surface area (Å²) in [5.41, 5.74) is 0.906. The van der Waals surface area contributed by atoms with Crippen LogP contribution in [-0.4, -0.2) is 14.8 Å². The van der Waals surface area contributed by atoms with E-state index in [1.54, 1.807) is 17.1 Å². The molecule has 2 aromatic rings. The summed E-state index contributed by atoms with van der Waals surface area (Å²) in [6, 6.07) is 0. The van der Waals surface area contributed by atoms with E-state index in [9.17, 15) is 0 Å². The molecule has 0 fully saturated rings. The Morgan fingerprint density at radius 2 is 2.29 bits per heavy atom. The van der Waals surface area contributed by atoms with Crippen LogP contribution in [0.15, 0.2) is 23.0 Å². The van der Waals surface area contributed by atoms with Gasteiger partial charge in [0.1, 0.15) is 5.38 Å². The lowest BCUT2D eigenvalue weighted by Crippen LogP contribution is -1.83. The van der Waals surface area contributed by atoms with Crippen molar-refractivity contribution in [3.05, 3.63) is 24.5 Å². The summed E-state index contributed by atoms with van der Waals surface area (Å²) in [5, 5.41) is 3.84. The maximum atomic E-state index is 5.83. The van der Waals surface area contributed by atoms with Crippen molar-refractivity contribution in [1.82, 2.24) is 14.8 Å². The van der Waals surface area contributed by atoms with Gasteiger partial charge in [0.2, 0.25) is 5.89 Å². The number of hydrogen-bond donors (Lipinski definition) is 0. The molecule has 4 nitrogen and oxygen atoms in total. The standard InChI is InChI=1S/C9H10ClN3O/c1-6(10)9-11-4-8(14-9)7-3-12-13(2)5-7/h3-6H,1-2H3. The molecular formula is C9H10ClN3O. The van der Waals surface area contributed by atoms with Gasteiger partial charge in [-0.05, 0) is 6.92 Å². The van der Waals surface area contributed by atoms with Gasteiger partial charge in [-0.1, -0.05) is 0 Å². The normalized spacial score (nSPS) is 13.1. The zero-order chi connectivity index (χ0) is 10.1. The first kappa shape index (κ1) is 9.27. The van der Waals surface area contributed by atoms with E-state index in [0.717, 1.165) is 5.56 Å². The van der Waals surface area contributed by atoms with Crippen molar-refractivity contribution in [2.75, 3.05) is 0 Å². The third kappa shape index (κ3) is 1.65. The van der Waals surface area contributed by atoms with Gasteiger partial charge in [0, 0.05) is 13.2 Å². The molecule has 0 radical (unpaired) electrons. The van der Waals surface area contributed by atoms with Gasteiger partial charge < -0.3 is 4.42 Å². The molecule has 2 aromatic heterocycles. The molecule has 0 saturated heterocycles. The van der Waals surface area contributed by atoms with Crippen LogP contribution in [0.25, 0.3) is 11.3 Å². The SMILES string of the molecule is CC(Cl)c1ncc(-c2cnn(C)c2)o1. The van der Waals surface area contributed by atoms with Gasteiger partial charge in [0.15, 0.2) is 5.76 Å². The highest BCUT2D eigenvalue weighted by Gasteiger charge is 2.11. The topological polar surface area (TPSA) is 43.9 Å². The van der Waals surface area contributed by atoms with Gasteiger partial charge in [0.05, 0.1) is 18.0 Å². The summed E-state index contributed by atoms with van der Waals surface area (Å²) in [6.45, 7) is 1.82. The molecule has 0 amide bonds. The third-order valence-electron chi connectivity index (χ3n) is 1.85. The molecule has 0 aliphatic heterocycles. The monoisotopic (exact) mass is 211 g/mol. The Bertz CT molecular complexity index is 433. The molecule has 0 aliphatic carbocycles. The van der Waals surface area contributed by atoms with Crippen molar-refractivity contribution >= 4 is 11.6 Å². The van der Waals surface area contributed by atoms with Crippen LogP contribution in [0, 0.1) is 0 Å². The summed E-state index contributed by atoms with van der Waals surface area (Å²) in [6.07, 6.45) is 5.25. The van der Waals surface area contributed by atoms with Crippen LogP contribution in [0.2, 0.25) is 0 Å². The molecule has 5 heteroatoms. The zero-order valence-corrected chi connectivity index (χ0v) is 8.69. The first-order chi connectivity index (χ1) is 6.66. The number of rotatable bonds is 2. The van der Waals surface area contributed by atoms with Crippen molar-refractivity contribution in [2.45, 2.75) is 12.3 Å². The molecule has 1 atom stereocenters. The second-order valence-corrected chi connectivity index (χ2v) is 3.74. The minimum absolute atomic E-state index is 0.208. The third-order valence-corrected chi connectivity index (χ3v) is 2.04. The molecule has 14 heavy (non-hydrogen) atoms. The lowest BCUT2D eigenvalue weighted by molar-refractivity contribution is 0.508. The zero-order valence-electron chi connectivity index (χ0n) is 7.94. The Morgan fingerprint density at radius 3 is 2.79 bits per heavy atom. The molecule has 0 spiro atoms. The largest absolute Gasteiger partial charge is 0.439 e. The predicted molar refractivity (Wildman–Crippen MR) is 53.0 cm³/mol. The molecule has 1 unspecified atom stereocenters. The minimum atomic E-state index is -0.208. The molecule has 0 N–H and O–H groups in total. The first-order valence-electron chi connectivity index (χ1n) is 4.25. The summed E-state index contributed by atoms with van der Waals surface area (Å²) in [7, 11) is 1.85. The van der Waals surface area contributed by atoms with Crippen LogP contribution >= 0.6 is 11.6 Å². The van der Waals surface area contributed by atoms with Crippen LogP contribution in [0.4, 0.5) is 0 Å². The number of aryl methyl sites for hydroxylation is 1. The quantitative estimate of drug-likeness (QED) is 0.717. The fraction of sp³-hybridized carbons (Fsp3) is 0.333. The molecular weight excluding hydrogens is 202 g/mol. The van der Waals surface area contributed by atoms with E-state index < -0.39 is 0 Å². The van der Waals surface area contributed by atoms with E-state index in [1.165, 1.54) is 0 Å². The predicted octanol–water partition coefficient (Wildman–Crippen LogP) is 2.37. The van der Waals surface area contributed by atoms with Crippen LogP contribution in [0.5, 0.6) is 0 Å². The lowest BCUT2D eigenvalue weighted by atomic mass is 10.3. The Balaban J connectivity index is 2.33. The highest BCUT2D eigenvalue weighted by Crippen LogP contribution is 2.24. The minimum Gasteiger partial charge on any atom is -0.439 e. The highest BCUT2D eigenvalue weighted by molar-refractivity contribution is 6.20. The number of oxazole rings is 1. The van der Waals surface area contributed by atoms with E-state index in [4.69, 9.17) is 16.0 Å². The fourth-order valence-corrected chi connectivity index (χ4v) is 1.25. The fourth-order valence-electron chi connectivity index (χ4n) is 1.15. The van der Waals surface area contributed by atoms with Crippen LogP contribution in [-0.2, 0) is 7.05 Å². The number of aromatic nitrogens is 3. The second kappa shape index (κ2) is 3.46. The van der Waals surface area contributed by atoms with E-state index in [2.05, 4.69) is 10.1 Å². The second-order valence-electron chi connectivity index (χ2n) is 3.08. The number of halogens is 1. The van der Waals surface area contributed by atoms with Gasteiger partial charge in [-0.3, -0.25) is 4.68 Å². The number of hydrogen-bond acceptors (Lipinski definition) is 3. The summed E-state index contributed by atoms with van der Waals surface area (Å²) < 4.78 is 7.16. The van der Waals surface area contributed by atoms with Crippen molar-refractivity contribution < 1.29 is 4.42 Å². The molecule has 0 bridgehead atoms. The summed E-state index contributed by atoms with van der Waals surface area (Å²) in [5.74, 6) is 1.23. The van der Waals surface area contributed by atoms with Gasteiger partial charge in [-0.15, -0.1) is 11.6 Å². The number of nitrogens with zero attached hydrogens (tertiary/aromatic N) is 3. The number of alkyl halides is 1. The van der Waals surface area contributed by atoms with Crippen LogP contribution in [0.3, 0.4) is 0 Å². The smallest absolute Gasteiger partial charge is 0.212 e. The Hall–Kier alpha value is -1.29. The maximum Gasteiger partial charge on any atom is 0.212 e. The summed E-state index contributed by atoms with van der Waals surface area (Å²) in [4.78, 5) is 4.07. The first-order valence-corrected chi connectivity index (χ1v) is 4.69. The Labute approximate surface area is 86.5 Å². The van der Waals surface area contributed by atoms with Gasteiger partial charge in [-0.25, -0.2) is 4.98 Å². The molecule has 0 aliphatic rings. The Morgan fingerprint density at radius 1 is 1.50 bits per heavy atom. The van der Waals surface area contributed by atoms with E-state index in [0.29, 0.717) is 11.7 Å². The van der Waals surface area contributed by atoms with Crippen LogP contribution < -0.4 is 0 Å². The van der Waals surface area contributed by atoms with E-state index in [-0.39, 0.29) is 5.38 Å². The van der Waals surface area contributed by atoms with Gasteiger partial charge >= 0.3 is 0 Å². The highest BCUT2D eigenvalue weighted by atomic mass is 35.5.